The first kappa shape index (κ1) is 15.7. The Morgan fingerprint density at radius 3 is 2.76 bits per heavy atom. The van der Waals surface area contributed by atoms with E-state index in [9.17, 15) is 0 Å². The molecular weight excluding hydrogens is 290 g/mol. The highest BCUT2D eigenvalue weighted by atomic mass is 35.5. The summed E-state index contributed by atoms with van der Waals surface area (Å²) in [5.41, 5.74) is 2.04. The molecule has 1 aromatic carbocycles. The summed E-state index contributed by atoms with van der Waals surface area (Å²) in [4.78, 5) is 0. The Balaban J connectivity index is 2.14. The molecule has 6 heteroatoms. The van der Waals surface area contributed by atoms with Crippen LogP contribution >= 0.6 is 11.6 Å². The molecule has 0 spiro atoms. The molecule has 114 valence electrons. The van der Waals surface area contributed by atoms with Gasteiger partial charge in [0, 0.05) is 24.8 Å². The minimum absolute atomic E-state index is 0.404. The quantitative estimate of drug-likeness (QED) is 0.854. The Morgan fingerprint density at radius 1 is 1.33 bits per heavy atom. The summed E-state index contributed by atoms with van der Waals surface area (Å²) in [5, 5.41) is 7.84. The highest BCUT2D eigenvalue weighted by Crippen LogP contribution is 2.36. The van der Waals surface area contributed by atoms with Crippen LogP contribution in [0.5, 0.6) is 11.5 Å². The third-order valence-electron chi connectivity index (χ3n) is 3.06. The lowest BCUT2D eigenvalue weighted by atomic mass is 10.2. The molecule has 2 aromatic rings. The van der Waals surface area contributed by atoms with E-state index in [1.807, 2.05) is 37.0 Å². The van der Waals surface area contributed by atoms with Crippen LogP contribution in [0.2, 0.25) is 5.02 Å². The molecule has 1 heterocycles. The van der Waals surface area contributed by atoms with Crippen LogP contribution in [0.15, 0.2) is 24.5 Å². The molecule has 0 radical (unpaired) electrons. The number of rotatable bonds is 7. The number of hydrogen-bond donors (Lipinski definition) is 1. The third-order valence-corrected chi connectivity index (χ3v) is 3.34. The molecule has 1 N–H and O–H groups in total. The highest BCUT2D eigenvalue weighted by Gasteiger charge is 2.12. The van der Waals surface area contributed by atoms with Crippen molar-refractivity contribution in [2.45, 2.75) is 26.6 Å². The van der Waals surface area contributed by atoms with Gasteiger partial charge in [-0.05, 0) is 31.7 Å². The minimum atomic E-state index is 0.404. The Hall–Kier alpha value is -1.72. The smallest absolute Gasteiger partial charge is 0.180 e. The topological polar surface area (TPSA) is 48.3 Å². The van der Waals surface area contributed by atoms with Gasteiger partial charge in [-0.2, -0.15) is 5.10 Å². The Morgan fingerprint density at radius 2 is 2.14 bits per heavy atom. The van der Waals surface area contributed by atoms with Crippen molar-refractivity contribution in [3.05, 3.63) is 40.7 Å². The number of nitrogens with zero attached hydrogens (tertiary/aromatic N) is 2. The molecule has 0 atom stereocenters. The molecular formula is C15H20ClN3O2. The summed E-state index contributed by atoms with van der Waals surface area (Å²) in [6.45, 7) is 4.00. The van der Waals surface area contributed by atoms with E-state index in [1.54, 1.807) is 13.3 Å². The van der Waals surface area contributed by atoms with Gasteiger partial charge < -0.3 is 14.8 Å². The van der Waals surface area contributed by atoms with Crippen LogP contribution in [-0.2, 0) is 19.7 Å². The van der Waals surface area contributed by atoms with Crippen molar-refractivity contribution in [2.75, 3.05) is 14.2 Å². The number of halogens is 1. The zero-order valence-corrected chi connectivity index (χ0v) is 13.3. The maximum absolute atomic E-state index is 6.29. The lowest BCUT2D eigenvalue weighted by Gasteiger charge is -2.13. The molecule has 0 aliphatic rings. The van der Waals surface area contributed by atoms with Gasteiger partial charge in [0.05, 0.1) is 18.3 Å². The van der Waals surface area contributed by atoms with E-state index in [-0.39, 0.29) is 0 Å². The molecule has 0 saturated heterocycles. The van der Waals surface area contributed by atoms with Gasteiger partial charge >= 0.3 is 0 Å². The number of benzene rings is 1. The molecule has 0 aliphatic carbocycles. The van der Waals surface area contributed by atoms with E-state index < -0.39 is 0 Å². The maximum atomic E-state index is 6.29. The fourth-order valence-electron chi connectivity index (χ4n) is 2.03. The first-order valence-corrected chi connectivity index (χ1v) is 7.20. The second kappa shape index (κ2) is 7.33. The molecule has 0 fully saturated rings. The van der Waals surface area contributed by atoms with Gasteiger partial charge in [-0.3, -0.25) is 4.68 Å². The standard InChI is InChI=1S/C15H20ClN3O2/c1-4-19-9-12(8-18-19)10-21-15-13(16)5-11(7-17-2)6-14(15)20-3/h5-6,8-9,17H,4,7,10H2,1-3H3. The van der Waals surface area contributed by atoms with Crippen molar-refractivity contribution in [3.8, 4) is 11.5 Å². The molecule has 5 nitrogen and oxygen atoms in total. The largest absolute Gasteiger partial charge is 0.493 e. The molecule has 0 unspecified atom stereocenters. The minimum Gasteiger partial charge on any atom is -0.493 e. The van der Waals surface area contributed by atoms with Crippen molar-refractivity contribution in [1.29, 1.82) is 0 Å². The van der Waals surface area contributed by atoms with Gasteiger partial charge in [-0.15, -0.1) is 0 Å². The van der Waals surface area contributed by atoms with Gasteiger partial charge in [0.2, 0.25) is 0 Å². The number of methoxy groups -OCH3 is 1. The van der Waals surface area contributed by atoms with Gasteiger partial charge in [-0.25, -0.2) is 0 Å². The van der Waals surface area contributed by atoms with Gasteiger partial charge in [-0.1, -0.05) is 11.6 Å². The molecule has 0 saturated carbocycles. The molecule has 0 bridgehead atoms. The van der Waals surface area contributed by atoms with Crippen LogP contribution in [0.1, 0.15) is 18.1 Å². The summed E-state index contributed by atoms with van der Waals surface area (Å²) in [7, 11) is 3.49. The van der Waals surface area contributed by atoms with Crippen LogP contribution in [0.25, 0.3) is 0 Å². The lowest BCUT2D eigenvalue weighted by Crippen LogP contribution is -2.06. The normalized spacial score (nSPS) is 10.7. The lowest BCUT2D eigenvalue weighted by molar-refractivity contribution is 0.284. The van der Waals surface area contributed by atoms with Crippen molar-refractivity contribution in [1.82, 2.24) is 15.1 Å². The molecule has 2 rings (SSSR count). The van der Waals surface area contributed by atoms with E-state index in [4.69, 9.17) is 21.1 Å². The van der Waals surface area contributed by atoms with Crippen molar-refractivity contribution < 1.29 is 9.47 Å². The van der Waals surface area contributed by atoms with Crippen LogP contribution in [0, 0.1) is 0 Å². The van der Waals surface area contributed by atoms with E-state index in [2.05, 4.69) is 10.4 Å². The summed E-state index contributed by atoms with van der Waals surface area (Å²) in [5.74, 6) is 1.19. The fraction of sp³-hybridized carbons (Fsp3) is 0.400. The van der Waals surface area contributed by atoms with Crippen LogP contribution < -0.4 is 14.8 Å². The molecule has 1 aromatic heterocycles. The average molecular weight is 310 g/mol. The number of aromatic nitrogens is 2. The van der Waals surface area contributed by atoms with E-state index in [0.29, 0.717) is 23.1 Å². The molecule has 21 heavy (non-hydrogen) atoms. The van der Waals surface area contributed by atoms with Crippen LogP contribution in [0.3, 0.4) is 0 Å². The van der Waals surface area contributed by atoms with E-state index in [0.717, 1.165) is 24.2 Å². The number of hydrogen-bond acceptors (Lipinski definition) is 4. The summed E-state index contributed by atoms with van der Waals surface area (Å²) < 4.78 is 13.0. The Labute approximate surface area is 129 Å². The fourth-order valence-corrected chi connectivity index (χ4v) is 2.32. The van der Waals surface area contributed by atoms with Crippen molar-refractivity contribution in [3.63, 3.8) is 0 Å². The monoisotopic (exact) mass is 309 g/mol. The predicted octanol–water partition coefficient (Wildman–Crippen LogP) is 2.86. The van der Waals surface area contributed by atoms with Crippen molar-refractivity contribution in [2.24, 2.45) is 0 Å². The Kier molecular flexibility index (Phi) is 5.47. The highest BCUT2D eigenvalue weighted by molar-refractivity contribution is 6.32. The van der Waals surface area contributed by atoms with Crippen LogP contribution in [-0.4, -0.2) is 23.9 Å². The first-order valence-electron chi connectivity index (χ1n) is 6.83. The van der Waals surface area contributed by atoms with Gasteiger partial charge in [0.25, 0.3) is 0 Å². The van der Waals surface area contributed by atoms with Crippen molar-refractivity contribution >= 4 is 11.6 Å². The zero-order valence-electron chi connectivity index (χ0n) is 12.5. The Bertz CT molecular complexity index is 599. The van der Waals surface area contributed by atoms with Gasteiger partial charge in [0.15, 0.2) is 11.5 Å². The SMILES string of the molecule is CCn1cc(COc2c(Cl)cc(CNC)cc2OC)cn1. The first-order chi connectivity index (χ1) is 10.2. The number of ether oxygens (including phenoxy) is 2. The molecule has 0 aliphatic heterocycles. The van der Waals surface area contributed by atoms with Crippen LogP contribution in [0.4, 0.5) is 0 Å². The van der Waals surface area contributed by atoms with Gasteiger partial charge in [0.1, 0.15) is 6.61 Å². The predicted molar refractivity (Wildman–Crippen MR) is 83.0 cm³/mol. The number of aryl methyl sites for hydroxylation is 1. The second-order valence-electron chi connectivity index (χ2n) is 4.63. The molecule has 0 amide bonds. The number of nitrogens with one attached hydrogen (secondary N) is 1. The summed E-state index contributed by atoms with van der Waals surface area (Å²) >= 11 is 6.29. The summed E-state index contributed by atoms with van der Waals surface area (Å²) in [6, 6.07) is 3.80. The van der Waals surface area contributed by atoms with E-state index in [1.165, 1.54) is 0 Å². The second-order valence-corrected chi connectivity index (χ2v) is 5.04. The maximum Gasteiger partial charge on any atom is 0.180 e. The van der Waals surface area contributed by atoms with E-state index >= 15 is 0 Å². The average Bonchev–Trinajstić information content (AvgIpc) is 2.94. The zero-order chi connectivity index (χ0) is 15.2. The summed E-state index contributed by atoms with van der Waals surface area (Å²) in [6.07, 6.45) is 3.75. The third kappa shape index (κ3) is 3.89.